The fourth-order valence-electron chi connectivity index (χ4n) is 1.22. The number of carbonyl (C=O) groups is 1. The normalized spacial score (nSPS) is 10.3. The average molecular weight is 280 g/mol. The first-order valence-corrected chi connectivity index (χ1v) is 6.38. The van der Waals surface area contributed by atoms with Crippen molar-refractivity contribution in [2.75, 3.05) is 6.54 Å². The van der Waals surface area contributed by atoms with Gasteiger partial charge in [-0.25, -0.2) is 4.79 Å². The van der Waals surface area contributed by atoms with Crippen molar-refractivity contribution in [1.82, 2.24) is 5.32 Å². The molecule has 3 nitrogen and oxygen atoms in total. The minimum atomic E-state index is -0.479. The molecule has 0 radical (unpaired) electrons. The summed E-state index contributed by atoms with van der Waals surface area (Å²) in [5.74, 6) is 0. The van der Waals surface area contributed by atoms with Crippen molar-refractivity contribution in [3.63, 3.8) is 0 Å². The molecule has 0 heterocycles. The summed E-state index contributed by atoms with van der Waals surface area (Å²) in [6.45, 7) is 5.84. The van der Waals surface area contributed by atoms with Crippen LogP contribution in [-0.2, 0) is 4.74 Å². The van der Waals surface area contributed by atoms with Crippen LogP contribution >= 0.6 is 11.6 Å². The van der Waals surface area contributed by atoms with Crippen molar-refractivity contribution >= 4 is 23.8 Å². The van der Waals surface area contributed by atoms with Gasteiger partial charge in [-0.2, -0.15) is 0 Å². The van der Waals surface area contributed by atoms with E-state index in [0.29, 0.717) is 11.6 Å². The van der Waals surface area contributed by atoms with Crippen LogP contribution in [0, 0.1) is 0 Å². The van der Waals surface area contributed by atoms with Crippen molar-refractivity contribution in [2.24, 2.45) is 0 Å². The van der Waals surface area contributed by atoms with Crippen molar-refractivity contribution in [1.29, 1.82) is 0 Å². The highest BCUT2D eigenvalue weighted by molar-refractivity contribution is 6.30. The van der Waals surface area contributed by atoms with Gasteiger partial charge in [0.2, 0.25) is 0 Å². The van der Waals surface area contributed by atoms with Gasteiger partial charge in [0.25, 0.3) is 0 Å². The second kappa shape index (κ2) is 7.03. The van der Waals surface area contributed by atoms with Crippen LogP contribution in [0.25, 0.3) is 6.08 Å². The molecule has 0 aliphatic rings. The topological polar surface area (TPSA) is 38.3 Å². The van der Waals surface area contributed by atoms with E-state index in [1.807, 2.05) is 51.1 Å². The third-order valence-corrected chi connectivity index (χ3v) is 2.24. The quantitative estimate of drug-likeness (QED) is 0.848. The Labute approximate surface area is 118 Å². The summed E-state index contributed by atoms with van der Waals surface area (Å²) in [6, 6.07) is 7.41. The first-order valence-electron chi connectivity index (χ1n) is 6.00. The van der Waals surface area contributed by atoms with Gasteiger partial charge < -0.3 is 10.1 Å². The lowest BCUT2D eigenvalue weighted by Gasteiger charge is -2.19. The zero-order chi connectivity index (χ0) is 14.3. The van der Waals surface area contributed by atoms with Gasteiger partial charge >= 0.3 is 6.09 Å². The van der Waals surface area contributed by atoms with Gasteiger partial charge in [0.1, 0.15) is 5.60 Å². The third-order valence-electron chi connectivity index (χ3n) is 1.99. The summed E-state index contributed by atoms with van der Waals surface area (Å²) < 4.78 is 5.09. The zero-order valence-corrected chi connectivity index (χ0v) is 12.1. The van der Waals surface area contributed by atoms with E-state index >= 15 is 0 Å². The number of hydrogen-bond acceptors (Lipinski definition) is 2. The van der Waals surface area contributed by atoms with E-state index in [4.69, 9.17) is 16.3 Å². The molecule has 0 unspecified atom stereocenters. The predicted molar refractivity (Wildman–Crippen MR) is 78.2 cm³/mol. The minimum Gasteiger partial charge on any atom is -0.444 e. The molecule has 1 N–H and O–H groups in total. The van der Waals surface area contributed by atoms with E-state index in [-0.39, 0.29) is 0 Å². The number of benzene rings is 1. The Balaban J connectivity index is 2.38. The first-order chi connectivity index (χ1) is 8.87. The summed E-state index contributed by atoms with van der Waals surface area (Å²) in [7, 11) is 0. The highest BCUT2D eigenvalue weighted by atomic mass is 35.5. The number of nitrogens with one attached hydrogen (secondary N) is 1. The summed E-state index contributed by atoms with van der Waals surface area (Å²) in [6.07, 6.45) is 3.10. The number of alkyl carbamates (subject to hydrolysis) is 1. The molecule has 1 aromatic carbocycles. The molecule has 1 rings (SSSR count). The Morgan fingerprint density at radius 2 is 2.00 bits per heavy atom. The summed E-state index contributed by atoms with van der Waals surface area (Å²) in [5.41, 5.74) is 3.49. The molecule has 0 atom stereocenters. The molecular formula is C15H18ClNO2. The number of ether oxygens (including phenoxy) is 1. The fraction of sp³-hybridized carbons (Fsp3) is 0.333. The Morgan fingerprint density at radius 1 is 1.37 bits per heavy atom. The molecule has 1 aromatic rings. The number of hydrogen-bond donors (Lipinski definition) is 1. The van der Waals surface area contributed by atoms with Crippen molar-refractivity contribution in [2.45, 2.75) is 26.4 Å². The molecule has 1 amide bonds. The molecule has 0 aliphatic heterocycles. The van der Waals surface area contributed by atoms with E-state index in [0.717, 1.165) is 5.56 Å². The van der Waals surface area contributed by atoms with Gasteiger partial charge in [0.15, 0.2) is 0 Å². The zero-order valence-electron chi connectivity index (χ0n) is 11.4. The highest BCUT2D eigenvalue weighted by Gasteiger charge is 2.14. The van der Waals surface area contributed by atoms with Crippen molar-refractivity contribution < 1.29 is 9.53 Å². The van der Waals surface area contributed by atoms with E-state index < -0.39 is 11.7 Å². The molecular weight excluding hydrogens is 262 g/mol. The molecule has 0 fully saturated rings. The van der Waals surface area contributed by atoms with Crippen LogP contribution in [-0.4, -0.2) is 18.2 Å². The monoisotopic (exact) mass is 279 g/mol. The molecule has 0 aromatic heterocycles. The Kier molecular flexibility index (Phi) is 5.68. The Morgan fingerprint density at radius 3 is 2.58 bits per heavy atom. The number of amides is 1. The number of carbonyl (C=O) groups excluding carboxylic acids is 1. The maximum absolute atomic E-state index is 11.3. The van der Waals surface area contributed by atoms with Crippen LogP contribution < -0.4 is 5.32 Å². The smallest absolute Gasteiger partial charge is 0.407 e. The Bertz CT molecular complexity index is 480. The van der Waals surface area contributed by atoms with E-state index in [9.17, 15) is 4.79 Å². The fourth-order valence-corrected chi connectivity index (χ4v) is 1.35. The van der Waals surface area contributed by atoms with E-state index in [2.05, 4.69) is 11.0 Å². The number of rotatable bonds is 3. The van der Waals surface area contributed by atoms with Gasteiger partial charge in [-0.15, -0.1) is 5.73 Å². The standard InChI is InChI=1S/C15H18ClNO2/c1-15(2,3)19-14(18)17-11-5-4-6-12-7-9-13(16)10-8-12/h5-10H,11H2,1-3H3,(H,17,18). The van der Waals surface area contributed by atoms with Crippen LogP contribution in [0.1, 0.15) is 26.3 Å². The minimum absolute atomic E-state index is 0.374. The SMILES string of the molecule is CC(C)(C)OC(=O)NCC=C=Cc1ccc(Cl)cc1. The van der Waals surface area contributed by atoms with Crippen LogP contribution in [0.4, 0.5) is 4.79 Å². The largest absolute Gasteiger partial charge is 0.444 e. The van der Waals surface area contributed by atoms with Gasteiger partial charge in [0, 0.05) is 11.6 Å². The molecule has 4 heteroatoms. The molecule has 102 valence electrons. The molecule has 0 saturated carbocycles. The van der Waals surface area contributed by atoms with Gasteiger partial charge in [-0.3, -0.25) is 0 Å². The summed E-state index contributed by atoms with van der Waals surface area (Å²) in [4.78, 5) is 11.3. The van der Waals surface area contributed by atoms with Crippen LogP contribution in [0.3, 0.4) is 0 Å². The lowest BCUT2D eigenvalue weighted by atomic mass is 10.2. The highest BCUT2D eigenvalue weighted by Crippen LogP contribution is 2.10. The van der Waals surface area contributed by atoms with Gasteiger partial charge in [-0.05, 0) is 50.6 Å². The second-order valence-corrected chi connectivity index (χ2v) is 5.39. The predicted octanol–water partition coefficient (Wildman–Crippen LogP) is 4.03. The molecule has 19 heavy (non-hydrogen) atoms. The summed E-state index contributed by atoms with van der Waals surface area (Å²) >= 11 is 5.78. The average Bonchev–Trinajstić information content (AvgIpc) is 2.29. The van der Waals surface area contributed by atoms with Gasteiger partial charge in [-0.1, -0.05) is 23.7 Å². The van der Waals surface area contributed by atoms with E-state index in [1.54, 1.807) is 6.08 Å². The third kappa shape index (κ3) is 7.35. The lowest BCUT2D eigenvalue weighted by molar-refractivity contribution is 0.0534. The number of halogens is 1. The van der Waals surface area contributed by atoms with Crippen LogP contribution in [0.15, 0.2) is 36.1 Å². The van der Waals surface area contributed by atoms with Crippen molar-refractivity contribution in [3.05, 3.63) is 46.7 Å². The molecule has 0 bridgehead atoms. The van der Waals surface area contributed by atoms with Crippen molar-refractivity contribution in [3.8, 4) is 0 Å². The van der Waals surface area contributed by atoms with E-state index in [1.165, 1.54) is 0 Å². The molecule has 0 saturated heterocycles. The molecule has 0 spiro atoms. The van der Waals surface area contributed by atoms with Gasteiger partial charge in [0.05, 0.1) is 0 Å². The van der Waals surface area contributed by atoms with Crippen LogP contribution in [0.2, 0.25) is 5.02 Å². The summed E-state index contributed by atoms with van der Waals surface area (Å²) in [5, 5.41) is 3.32. The molecule has 0 aliphatic carbocycles. The maximum Gasteiger partial charge on any atom is 0.407 e. The lowest BCUT2D eigenvalue weighted by Crippen LogP contribution is -2.32. The van der Waals surface area contributed by atoms with Crippen LogP contribution in [0.5, 0.6) is 0 Å². The first kappa shape index (κ1) is 15.4. The Hall–Kier alpha value is -1.70. The maximum atomic E-state index is 11.3. The second-order valence-electron chi connectivity index (χ2n) is 4.95.